The quantitative estimate of drug-likeness (QED) is 0.0713. The molecular formula is C38H36F4N8O3. The van der Waals surface area contributed by atoms with Gasteiger partial charge in [0.1, 0.15) is 11.5 Å². The summed E-state index contributed by atoms with van der Waals surface area (Å²) < 4.78 is 61.1. The number of alkyl halides is 3. The van der Waals surface area contributed by atoms with Crippen LogP contribution in [-0.4, -0.2) is 71.8 Å². The molecule has 15 heteroatoms. The number of fused-ring (bicyclic) bond motifs is 1. The number of aromatic nitrogens is 3. The molecule has 2 heterocycles. The van der Waals surface area contributed by atoms with E-state index in [0.29, 0.717) is 24.2 Å². The van der Waals surface area contributed by atoms with Gasteiger partial charge in [0, 0.05) is 62.0 Å². The van der Waals surface area contributed by atoms with Crippen LogP contribution < -0.4 is 25.6 Å². The average molecular weight is 729 g/mol. The van der Waals surface area contributed by atoms with Gasteiger partial charge in [-0.1, -0.05) is 36.3 Å². The minimum Gasteiger partial charge on any atom is -0.403 e. The third kappa shape index (κ3) is 9.89. The Balaban J connectivity index is 1.59. The minimum atomic E-state index is -5.07. The fourth-order valence-corrected chi connectivity index (χ4v) is 5.34. The number of benzene rings is 3. The van der Waals surface area contributed by atoms with Gasteiger partial charge in [-0.3, -0.25) is 9.59 Å². The van der Waals surface area contributed by atoms with Gasteiger partial charge >= 0.3 is 6.36 Å². The van der Waals surface area contributed by atoms with E-state index < -0.39 is 29.7 Å². The highest BCUT2D eigenvalue weighted by molar-refractivity contribution is 6.07. The molecule has 0 fully saturated rings. The molecule has 0 atom stereocenters. The molecule has 0 aliphatic rings. The number of aryl methyl sites for hydroxylation is 1. The number of hydrogen-bond acceptors (Lipinski definition) is 8. The molecule has 53 heavy (non-hydrogen) atoms. The lowest BCUT2D eigenvalue weighted by molar-refractivity contribution is -0.274. The number of anilines is 5. The highest BCUT2D eigenvalue weighted by atomic mass is 19.4. The van der Waals surface area contributed by atoms with Crippen LogP contribution in [-0.2, 0) is 16.6 Å². The summed E-state index contributed by atoms with van der Waals surface area (Å²) in [5.41, 5.74) is 2.69. The van der Waals surface area contributed by atoms with Gasteiger partial charge in [0.05, 0.1) is 28.9 Å². The van der Waals surface area contributed by atoms with Crippen molar-refractivity contribution in [3.8, 4) is 28.8 Å². The van der Waals surface area contributed by atoms with E-state index in [-0.39, 0.29) is 34.4 Å². The summed E-state index contributed by atoms with van der Waals surface area (Å²) >= 11 is 0. The van der Waals surface area contributed by atoms with Gasteiger partial charge in [0.2, 0.25) is 11.9 Å². The summed E-state index contributed by atoms with van der Waals surface area (Å²) in [4.78, 5) is 38.2. The largest absolute Gasteiger partial charge is 0.573 e. The number of hydrogen-bond donors (Lipinski definition) is 3. The average Bonchev–Trinajstić information content (AvgIpc) is 3.44. The molecule has 0 radical (unpaired) electrons. The number of amides is 2. The topological polar surface area (TPSA) is 117 Å². The third-order valence-corrected chi connectivity index (χ3v) is 7.85. The van der Waals surface area contributed by atoms with E-state index in [4.69, 9.17) is 0 Å². The number of carbonyl (C=O) groups is 2. The Bertz CT molecular complexity index is 2220. The maximum Gasteiger partial charge on any atom is 0.573 e. The van der Waals surface area contributed by atoms with Crippen molar-refractivity contribution in [2.24, 2.45) is 7.05 Å². The Kier molecular flexibility index (Phi) is 11.6. The molecule has 3 N–H and O–H groups in total. The van der Waals surface area contributed by atoms with Gasteiger partial charge in [-0.2, -0.15) is 0 Å². The minimum absolute atomic E-state index is 0.140. The number of likely N-dealkylation sites (N-methyl/N-ethyl adjacent to an activating group) is 2. The van der Waals surface area contributed by atoms with Crippen LogP contribution in [0.3, 0.4) is 0 Å². The molecule has 2 aromatic heterocycles. The predicted octanol–water partition coefficient (Wildman–Crippen LogP) is 7.03. The van der Waals surface area contributed by atoms with Crippen molar-refractivity contribution in [3.63, 3.8) is 0 Å². The summed E-state index contributed by atoms with van der Waals surface area (Å²) in [5, 5.41) is 9.04. The number of nitrogens with zero attached hydrogens (tertiary/aromatic N) is 5. The zero-order valence-electron chi connectivity index (χ0n) is 29.5. The number of para-hydroxylation sites is 1. The van der Waals surface area contributed by atoms with Crippen LogP contribution in [0.4, 0.5) is 46.3 Å². The summed E-state index contributed by atoms with van der Waals surface area (Å²) in [6.07, 6.45) is 0.834. The lowest BCUT2D eigenvalue weighted by atomic mass is 10.1. The van der Waals surface area contributed by atoms with Crippen molar-refractivity contribution in [2.75, 3.05) is 55.1 Å². The number of carbonyl (C=O) groups excluding carboxylic acids is 2. The summed E-state index contributed by atoms with van der Waals surface area (Å²) in [7, 11) is 7.22. The van der Waals surface area contributed by atoms with Gasteiger partial charge in [-0.25, -0.2) is 14.4 Å². The molecule has 11 nitrogen and oxygen atoms in total. The van der Waals surface area contributed by atoms with E-state index in [0.717, 1.165) is 17.0 Å². The van der Waals surface area contributed by atoms with Crippen molar-refractivity contribution in [3.05, 3.63) is 90.5 Å². The van der Waals surface area contributed by atoms with E-state index in [1.54, 1.807) is 18.1 Å². The van der Waals surface area contributed by atoms with Crippen molar-refractivity contribution >= 4 is 57.5 Å². The first-order valence-corrected chi connectivity index (χ1v) is 16.2. The smallest absolute Gasteiger partial charge is 0.403 e. The van der Waals surface area contributed by atoms with E-state index in [9.17, 15) is 27.2 Å². The second kappa shape index (κ2) is 16.3. The van der Waals surface area contributed by atoms with Crippen LogP contribution in [0.15, 0.2) is 79.1 Å². The van der Waals surface area contributed by atoms with Crippen LogP contribution in [0, 0.1) is 17.7 Å². The molecule has 0 bridgehead atoms. The van der Waals surface area contributed by atoms with Crippen molar-refractivity contribution in [1.82, 2.24) is 19.4 Å². The Morgan fingerprint density at radius 2 is 1.72 bits per heavy atom. The van der Waals surface area contributed by atoms with Crippen LogP contribution in [0.5, 0.6) is 5.75 Å². The van der Waals surface area contributed by atoms with Crippen molar-refractivity contribution < 1.29 is 31.9 Å². The SMILES string of the molecule is CC#CC(=O)Nc1cc(Nc2ncc(NC(=O)/C=C\c3ccc(F)cc3)c(-c3cn(C)c4ccccc34)n2)c(OC(F)(F)F)cc1N(C)CCN(C)C. The predicted molar refractivity (Wildman–Crippen MR) is 198 cm³/mol. The molecule has 0 spiro atoms. The van der Waals surface area contributed by atoms with Gasteiger partial charge in [-0.15, -0.1) is 13.2 Å². The molecule has 5 rings (SSSR count). The maximum absolute atomic E-state index is 13.8. The second-order valence-electron chi connectivity index (χ2n) is 12.1. The standard InChI is InChI=1S/C38H36F4N8O3/c1-6-9-34(51)44-28-20-29(33(53-38(40,41)42)21-32(28)49(4)19-18-48(2)3)46-37-43-22-30(45-35(52)17-14-24-12-15-25(39)16-13-24)36(47-37)27-23-50(5)31-11-8-7-10-26(27)31/h7-8,10-17,20-23H,18-19H2,1-5H3,(H,44,51)(H,45,52)(H,43,46,47)/b17-14-. The number of ether oxygens (including phenoxy) is 1. The van der Waals surface area contributed by atoms with Crippen LogP contribution >= 0.6 is 0 Å². The molecule has 0 unspecified atom stereocenters. The van der Waals surface area contributed by atoms with E-state index in [1.807, 2.05) is 54.9 Å². The Morgan fingerprint density at radius 3 is 2.42 bits per heavy atom. The molecule has 5 aromatic rings. The van der Waals surface area contributed by atoms with Gasteiger partial charge < -0.3 is 35.1 Å². The summed E-state index contributed by atoms with van der Waals surface area (Å²) in [5.74, 6) is 2.51. The lowest BCUT2D eigenvalue weighted by Crippen LogP contribution is -2.29. The van der Waals surface area contributed by atoms with Crippen molar-refractivity contribution in [2.45, 2.75) is 13.3 Å². The fourth-order valence-electron chi connectivity index (χ4n) is 5.34. The molecular weight excluding hydrogens is 692 g/mol. The number of nitrogens with one attached hydrogen (secondary N) is 3. The maximum atomic E-state index is 13.8. The Morgan fingerprint density at radius 1 is 0.981 bits per heavy atom. The molecule has 0 saturated carbocycles. The second-order valence-corrected chi connectivity index (χ2v) is 12.1. The summed E-state index contributed by atoms with van der Waals surface area (Å²) in [6, 6.07) is 15.5. The molecule has 2 amide bonds. The first-order chi connectivity index (χ1) is 25.2. The van der Waals surface area contributed by atoms with E-state index in [1.165, 1.54) is 55.6 Å². The lowest BCUT2D eigenvalue weighted by Gasteiger charge is -2.26. The zero-order chi connectivity index (χ0) is 38.3. The van der Waals surface area contributed by atoms with Crippen LogP contribution in [0.2, 0.25) is 0 Å². The molecule has 3 aromatic carbocycles. The monoisotopic (exact) mass is 728 g/mol. The van der Waals surface area contributed by atoms with Gasteiger partial charge in [0.25, 0.3) is 5.91 Å². The number of rotatable bonds is 12. The zero-order valence-corrected chi connectivity index (χ0v) is 29.5. The first kappa shape index (κ1) is 37.8. The highest BCUT2D eigenvalue weighted by Gasteiger charge is 2.33. The third-order valence-electron chi connectivity index (χ3n) is 7.85. The summed E-state index contributed by atoms with van der Waals surface area (Å²) in [6.45, 7) is 2.44. The van der Waals surface area contributed by atoms with Gasteiger partial charge in [0.15, 0.2) is 5.75 Å². The van der Waals surface area contributed by atoms with E-state index >= 15 is 0 Å². The fraction of sp³-hybridized carbons (Fsp3) is 0.211. The van der Waals surface area contributed by atoms with E-state index in [2.05, 4.69) is 42.5 Å². The van der Waals surface area contributed by atoms with Crippen LogP contribution in [0.25, 0.3) is 28.2 Å². The normalized spacial score (nSPS) is 11.4. The highest BCUT2D eigenvalue weighted by Crippen LogP contribution is 2.41. The molecule has 0 aliphatic carbocycles. The Labute approximate surface area is 303 Å². The van der Waals surface area contributed by atoms with Crippen molar-refractivity contribution in [1.29, 1.82) is 0 Å². The molecule has 0 aliphatic heterocycles. The first-order valence-electron chi connectivity index (χ1n) is 16.2. The molecule has 0 saturated heterocycles. The molecule has 274 valence electrons. The van der Waals surface area contributed by atoms with Gasteiger partial charge in [-0.05, 0) is 62.8 Å². The van der Waals surface area contributed by atoms with Crippen LogP contribution in [0.1, 0.15) is 12.5 Å². The Hall–Kier alpha value is -6.40. The number of halogens is 4.